The van der Waals surface area contributed by atoms with Gasteiger partial charge in [-0.2, -0.15) is 0 Å². The summed E-state index contributed by atoms with van der Waals surface area (Å²) in [7, 11) is 4.53. The van der Waals surface area contributed by atoms with Gasteiger partial charge in [0.15, 0.2) is 9.65 Å². The quantitative estimate of drug-likeness (QED) is 0.0565. The third kappa shape index (κ3) is 5.90. The number of aliphatic hydroxyl groups excluding tert-OH is 1. The van der Waals surface area contributed by atoms with Gasteiger partial charge in [-0.15, -0.1) is 0 Å². The standard InChI is InChI=1S/C37H38IN3O5/c1-41(2)32-20-29(21-37(41,38)35-34(32)46-35)45-36(44)40-31-16-12-23(18-30(31)25-8-4-3-5-9-25)7-6-10-33(43)39-28-15-14-26-17-24(22-42)11-13-27(26)19-28/h3-5,8-9,11-19,29,32,34-35,42H,6-7,10,20-22H2,1-2H3,(H-,39,40,43,44)/p+1/t29-,32-,34-,35+,37-/m0/s1. The number of hydrogen-bond donors (Lipinski definition) is 3. The molecule has 0 saturated carbocycles. The molecule has 8 nitrogen and oxygen atoms in total. The van der Waals surface area contributed by atoms with Crippen molar-refractivity contribution in [3.63, 3.8) is 0 Å². The number of fused-ring (bicyclic) bond motifs is 6. The molecule has 3 N–H and O–H groups in total. The van der Waals surface area contributed by atoms with E-state index in [1.54, 1.807) is 0 Å². The minimum absolute atomic E-state index is 0.00252. The highest BCUT2D eigenvalue weighted by atomic mass is 127. The second kappa shape index (κ2) is 12.3. The van der Waals surface area contributed by atoms with Gasteiger partial charge in [-0.25, -0.2) is 4.79 Å². The number of ether oxygens (including phenoxy) is 2. The molecule has 5 atom stereocenters. The van der Waals surface area contributed by atoms with E-state index in [1.807, 2.05) is 78.9 Å². The maximum atomic E-state index is 13.2. The van der Waals surface area contributed by atoms with E-state index >= 15 is 0 Å². The molecule has 3 fully saturated rings. The Morgan fingerprint density at radius 2 is 1.74 bits per heavy atom. The average Bonchev–Trinajstić information content (AvgIpc) is 3.83. The Hall–Kier alpha value is -3.51. The topological polar surface area (TPSA) is 100 Å². The van der Waals surface area contributed by atoms with E-state index in [1.165, 1.54) is 0 Å². The van der Waals surface area contributed by atoms with Gasteiger partial charge in [0, 0.05) is 24.1 Å². The number of nitrogens with zero attached hydrogens (tertiary/aromatic N) is 1. The highest BCUT2D eigenvalue weighted by Gasteiger charge is 2.78. The lowest BCUT2D eigenvalue weighted by atomic mass is 9.96. The lowest BCUT2D eigenvalue weighted by Crippen LogP contribution is -2.65. The van der Waals surface area contributed by atoms with Gasteiger partial charge >= 0.3 is 6.09 Å². The number of epoxide rings is 1. The predicted molar refractivity (Wildman–Crippen MR) is 188 cm³/mol. The first kappa shape index (κ1) is 31.1. The maximum absolute atomic E-state index is 13.2. The minimum atomic E-state index is -0.435. The van der Waals surface area contributed by atoms with Gasteiger partial charge in [0.1, 0.15) is 18.2 Å². The van der Waals surface area contributed by atoms with Crippen LogP contribution in [0.1, 0.15) is 36.8 Å². The number of aryl methyl sites for hydroxylation is 1. The largest absolute Gasteiger partial charge is 0.445 e. The Balaban J connectivity index is 0.977. The number of amides is 2. The van der Waals surface area contributed by atoms with Crippen LogP contribution < -0.4 is 10.6 Å². The van der Waals surface area contributed by atoms with E-state index in [-0.39, 0.29) is 34.4 Å². The van der Waals surface area contributed by atoms with Crippen molar-refractivity contribution in [2.45, 2.75) is 66.6 Å². The number of alkyl halides is 1. The summed E-state index contributed by atoms with van der Waals surface area (Å²) in [5.41, 5.74) is 5.32. The fourth-order valence-corrected chi connectivity index (χ4v) is 8.76. The van der Waals surface area contributed by atoms with Crippen molar-refractivity contribution in [3.05, 3.63) is 96.1 Å². The molecule has 0 aliphatic carbocycles. The number of carbonyl (C=O) groups is 2. The lowest BCUT2D eigenvalue weighted by Gasteiger charge is -2.50. The van der Waals surface area contributed by atoms with Crippen LogP contribution >= 0.6 is 22.6 Å². The third-order valence-electron chi connectivity index (χ3n) is 10.1. The van der Waals surface area contributed by atoms with Gasteiger partial charge in [-0.05, 0) is 93.2 Å². The molecular formula is C37H39IN3O5+. The molecule has 4 aromatic carbocycles. The first-order valence-corrected chi connectivity index (χ1v) is 17.0. The fraction of sp³-hybridized carbons (Fsp3) is 0.351. The normalized spacial score (nSPS) is 25.5. The molecule has 4 aromatic rings. The van der Waals surface area contributed by atoms with E-state index < -0.39 is 6.09 Å². The smallest absolute Gasteiger partial charge is 0.411 e. The summed E-state index contributed by atoms with van der Waals surface area (Å²) in [6.45, 7) is 0.00252. The van der Waals surface area contributed by atoms with E-state index in [0.29, 0.717) is 24.6 Å². The lowest BCUT2D eigenvalue weighted by molar-refractivity contribution is -0.943. The summed E-state index contributed by atoms with van der Waals surface area (Å²) in [5, 5.41) is 17.5. The monoisotopic (exact) mass is 732 g/mol. The molecule has 0 spiro atoms. The number of quaternary nitrogens is 1. The van der Waals surface area contributed by atoms with Crippen LogP contribution in [0.25, 0.3) is 21.9 Å². The Morgan fingerprint density at radius 1 is 0.978 bits per heavy atom. The summed E-state index contributed by atoms with van der Waals surface area (Å²) in [5.74, 6) is -0.0360. The van der Waals surface area contributed by atoms with Crippen LogP contribution in [0.3, 0.4) is 0 Å². The predicted octanol–water partition coefficient (Wildman–Crippen LogP) is 7.03. The van der Waals surface area contributed by atoms with Gasteiger partial charge in [-0.3, -0.25) is 10.1 Å². The fourth-order valence-electron chi connectivity index (χ4n) is 7.41. The number of halogens is 1. The number of aliphatic hydroxyl groups is 1. The minimum Gasteiger partial charge on any atom is -0.445 e. The first-order valence-electron chi connectivity index (χ1n) is 15.9. The summed E-state index contributed by atoms with van der Waals surface area (Å²) in [4.78, 5) is 26.0. The average molecular weight is 733 g/mol. The van der Waals surface area contributed by atoms with Crippen LogP contribution in [0.2, 0.25) is 0 Å². The number of likely N-dealkylation sites (N-methyl/N-ethyl adjacent to an activating group) is 1. The molecule has 238 valence electrons. The van der Waals surface area contributed by atoms with Crippen molar-refractivity contribution in [2.75, 3.05) is 24.7 Å². The second-order valence-electron chi connectivity index (χ2n) is 13.2. The number of carbonyl (C=O) groups excluding carboxylic acids is 2. The maximum Gasteiger partial charge on any atom is 0.411 e. The van der Waals surface area contributed by atoms with Crippen LogP contribution in [0, 0.1) is 0 Å². The second-order valence-corrected chi connectivity index (χ2v) is 15.1. The van der Waals surface area contributed by atoms with E-state index in [2.05, 4.69) is 53.4 Å². The highest BCUT2D eigenvalue weighted by Crippen LogP contribution is 2.61. The summed E-state index contributed by atoms with van der Waals surface area (Å²) in [6, 6.07) is 28.0. The molecule has 0 aromatic heterocycles. The Morgan fingerprint density at radius 3 is 2.52 bits per heavy atom. The molecule has 7 rings (SSSR count). The van der Waals surface area contributed by atoms with E-state index in [0.717, 1.165) is 62.5 Å². The van der Waals surface area contributed by atoms with Crippen molar-refractivity contribution < 1.29 is 28.7 Å². The van der Waals surface area contributed by atoms with Crippen molar-refractivity contribution in [1.82, 2.24) is 0 Å². The van der Waals surface area contributed by atoms with Crippen LogP contribution in [0.4, 0.5) is 16.2 Å². The van der Waals surface area contributed by atoms with Gasteiger partial charge in [0.2, 0.25) is 5.91 Å². The molecule has 3 heterocycles. The van der Waals surface area contributed by atoms with Crippen LogP contribution in [0.5, 0.6) is 0 Å². The molecule has 0 radical (unpaired) electrons. The van der Waals surface area contributed by atoms with Crippen LogP contribution in [-0.2, 0) is 27.3 Å². The van der Waals surface area contributed by atoms with Gasteiger partial charge in [0.25, 0.3) is 0 Å². The Kier molecular flexibility index (Phi) is 8.29. The Labute approximate surface area is 282 Å². The summed E-state index contributed by atoms with van der Waals surface area (Å²) < 4.78 is 12.8. The molecule has 0 unspecified atom stereocenters. The molecule has 3 saturated heterocycles. The number of morpholine rings is 1. The summed E-state index contributed by atoms with van der Waals surface area (Å²) >= 11 is 2.54. The van der Waals surface area contributed by atoms with Gasteiger partial charge in [-0.1, -0.05) is 54.6 Å². The Bertz CT molecular complexity index is 1800. The zero-order valence-electron chi connectivity index (χ0n) is 26.0. The number of hydrogen-bond acceptors (Lipinski definition) is 5. The van der Waals surface area contributed by atoms with Crippen molar-refractivity contribution in [3.8, 4) is 11.1 Å². The number of rotatable bonds is 9. The molecule has 3 aliphatic heterocycles. The molecule has 46 heavy (non-hydrogen) atoms. The number of anilines is 2. The van der Waals surface area contributed by atoms with E-state index in [9.17, 15) is 14.7 Å². The molecule has 3 aliphatic rings. The zero-order chi connectivity index (χ0) is 32.1. The molecular weight excluding hydrogens is 693 g/mol. The number of piperidine rings is 1. The molecule has 9 heteroatoms. The summed E-state index contributed by atoms with van der Waals surface area (Å²) in [6.07, 6.45) is 3.30. The molecule has 2 bridgehead atoms. The van der Waals surface area contributed by atoms with Crippen molar-refractivity contribution >= 4 is 56.7 Å². The van der Waals surface area contributed by atoms with Crippen LogP contribution in [-0.4, -0.2) is 63.6 Å². The third-order valence-corrected chi connectivity index (χ3v) is 12.4. The van der Waals surface area contributed by atoms with Gasteiger partial charge in [0.05, 0.1) is 32.8 Å². The molecule has 2 amide bonds. The number of benzene rings is 4. The van der Waals surface area contributed by atoms with Crippen molar-refractivity contribution in [1.29, 1.82) is 0 Å². The first-order chi connectivity index (χ1) is 22.1. The highest BCUT2D eigenvalue weighted by molar-refractivity contribution is 14.1. The van der Waals surface area contributed by atoms with Crippen molar-refractivity contribution in [2.24, 2.45) is 0 Å². The zero-order valence-corrected chi connectivity index (χ0v) is 28.2. The van der Waals surface area contributed by atoms with Crippen LogP contribution in [0.15, 0.2) is 84.9 Å². The van der Waals surface area contributed by atoms with E-state index in [4.69, 9.17) is 9.47 Å². The SMILES string of the molecule is C[N+]1(C)[C@H]2C[C@H](OC(=O)Nc3ccc(CCCC(=O)Nc4ccc5cc(CO)ccc5c4)cc3-c3ccccc3)C[C@@]1(I)[C@@H]1O[C@H]12. The van der Waals surface area contributed by atoms with Gasteiger partial charge < -0.3 is 24.4 Å². The number of nitrogens with one attached hydrogen (secondary N) is 2.